The predicted octanol–water partition coefficient (Wildman–Crippen LogP) is 2.43. The Labute approximate surface area is 103 Å². The number of aryl methyl sites for hydroxylation is 1. The van der Waals surface area contributed by atoms with E-state index in [0.717, 1.165) is 13.0 Å². The van der Waals surface area contributed by atoms with Crippen molar-refractivity contribution in [3.05, 3.63) is 35.4 Å². The van der Waals surface area contributed by atoms with E-state index in [-0.39, 0.29) is 12.0 Å². The smallest absolute Gasteiger partial charge is 0.307 e. The number of carbonyl (C=O) groups excluding carboxylic acids is 1. The zero-order valence-corrected chi connectivity index (χ0v) is 10.8. The molecule has 0 radical (unpaired) electrons. The first-order valence-corrected chi connectivity index (χ1v) is 6.01. The van der Waals surface area contributed by atoms with E-state index in [0.29, 0.717) is 6.42 Å². The van der Waals surface area contributed by atoms with E-state index >= 15 is 0 Å². The van der Waals surface area contributed by atoms with Crippen LogP contribution in [0.2, 0.25) is 0 Å². The molecule has 3 heteroatoms. The van der Waals surface area contributed by atoms with Gasteiger partial charge in [-0.05, 0) is 18.9 Å². The van der Waals surface area contributed by atoms with Gasteiger partial charge >= 0.3 is 5.97 Å². The monoisotopic (exact) mass is 235 g/mol. The Balaban J connectivity index is 2.42. The van der Waals surface area contributed by atoms with Gasteiger partial charge in [0, 0.05) is 12.6 Å². The van der Waals surface area contributed by atoms with Crippen LogP contribution in [0.4, 0.5) is 0 Å². The molecule has 1 rings (SSSR count). The van der Waals surface area contributed by atoms with Crippen LogP contribution in [-0.2, 0) is 16.1 Å². The van der Waals surface area contributed by atoms with Crippen LogP contribution in [0.5, 0.6) is 0 Å². The van der Waals surface area contributed by atoms with Crippen molar-refractivity contribution in [1.29, 1.82) is 0 Å². The molecule has 0 saturated carbocycles. The van der Waals surface area contributed by atoms with Crippen LogP contribution in [0.15, 0.2) is 24.3 Å². The van der Waals surface area contributed by atoms with Crippen LogP contribution in [0.25, 0.3) is 0 Å². The van der Waals surface area contributed by atoms with Crippen molar-refractivity contribution in [3.63, 3.8) is 0 Å². The van der Waals surface area contributed by atoms with Gasteiger partial charge in [0.15, 0.2) is 0 Å². The fourth-order valence-corrected chi connectivity index (χ4v) is 1.61. The van der Waals surface area contributed by atoms with Gasteiger partial charge in [-0.2, -0.15) is 0 Å². The molecule has 1 aromatic carbocycles. The second-order valence-corrected chi connectivity index (χ2v) is 4.25. The molecule has 17 heavy (non-hydrogen) atoms. The first-order chi connectivity index (χ1) is 8.15. The lowest BCUT2D eigenvalue weighted by Gasteiger charge is -2.15. The molecule has 0 aliphatic carbocycles. The van der Waals surface area contributed by atoms with Crippen LogP contribution in [-0.4, -0.2) is 19.1 Å². The van der Waals surface area contributed by atoms with Crippen LogP contribution in [0.3, 0.4) is 0 Å². The Bertz CT molecular complexity index is 346. The number of esters is 1. The number of hydrogen-bond donors (Lipinski definition) is 1. The molecule has 0 heterocycles. The first-order valence-electron chi connectivity index (χ1n) is 6.01. The third kappa shape index (κ3) is 5.00. The third-order valence-electron chi connectivity index (χ3n) is 2.85. The summed E-state index contributed by atoms with van der Waals surface area (Å²) in [5, 5.41) is 3.37. The highest BCUT2D eigenvalue weighted by Crippen LogP contribution is 2.05. The maximum atomic E-state index is 11.2. The van der Waals surface area contributed by atoms with Crippen molar-refractivity contribution in [1.82, 2.24) is 5.32 Å². The predicted molar refractivity (Wildman–Crippen MR) is 68.7 cm³/mol. The zero-order valence-electron chi connectivity index (χ0n) is 10.8. The summed E-state index contributed by atoms with van der Waals surface area (Å²) in [6, 6.07) is 8.58. The Morgan fingerprint density at radius 2 is 2.00 bits per heavy atom. The third-order valence-corrected chi connectivity index (χ3v) is 2.85. The Morgan fingerprint density at radius 1 is 1.35 bits per heavy atom. The molecule has 94 valence electrons. The molecule has 1 unspecified atom stereocenters. The second kappa shape index (κ2) is 7.07. The van der Waals surface area contributed by atoms with Gasteiger partial charge < -0.3 is 10.1 Å². The highest BCUT2D eigenvalue weighted by atomic mass is 16.5. The number of nitrogens with one attached hydrogen (secondary N) is 1. The normalized spacial score (nSPS) is 12.2. The van der Waals surface area contributed by atoms with E-state index in [1.165, 1.54) is 18.2 Å². The molecule has 0 spiro atoms. The van der Waals surface area contributed by atoms with Crippen LogP contribution in [0.1, 0.15) is 30.9 Å². The molecular weight excluding hydrogens is 214 g/mol. The quantitative estimate of drug-likeness (QED) is 0.770. The van der Waals surface area contributed by atoms with E-state index in [9.17, 15) is 4.79 Å². The molecule has 0 aliphatic heterocycles. The fourth-order valence-electron chi connectivity index (χ4n) is 1.61. The van der Waals surface area contributed by atoms with Crippen LogP contribution < -0.4 is 5.32 Å². The van der Waals surface area contributed by atoms with E-state index < -0.39 is 0 Å². The van der Waals surface area contributed by atoms with E-state index in [1.54, 1.807) is 0 Å². The fraction of sp³-hybridized carbons (Fsp3) is 0.500. The van der Waals surface area contributed by atoms with Gasteiger partial charge in [-0.1, -0.05) is 36.8 Å². The van der Waals surface area contributed by atoms with Gasteiger partial charge in [-0.3, -0.25) is 4.79 Å². The number of benzene rings is 1. The summed E-state index contributed by atoms with van der Waals surface area (Å²) < 4.78 is 4.67. The highest BCUT2D eigenvalue weighted by molar-refractivity contribution is 5.69. The number of carbonyl (C=O) groups is 1. The molecule has 0 amide bonds. The molecule has 1 aromatic rings. The van der Waals surface area contributed by atoms with Gasteiger partial charge in [0.05, 0.1) is 13.5 Å². The lowest BCUT2D eigenvalue weighted by molar-refractivity contribution is -0.141. The SMILES string of the molecule is CCC(CC(=O)OC)NCc1ccc(C)cc1. The molecule has 3 nitrogen and oxygen atoms in total. The van der Waals surface area contributed by atoms with Crippen molar-refractivity contribution in [2.24, 2.45) is 0 Å². The molecule has 1 atom stereocenters. The zero-order chi connectivity index (χ0) is 12.7. The summed E-state index contributed by atoms with van der Waals surface area (Å²) in [6.45, 7) is 4.93. The van der Waals surface area contributed by atoms with Gasteiger partial charge in [0.2, 0.25) is 0 Å². The maximum Gasteiger partial charge on any atom is 0.307 e. The highest BCUT2D eigenvalue weighted by Gasteiger charge is 2.11. The van der Waals surface area contributed by atoms with Gasteiger partial charge in [-0.25, -0.2) is 0 Å². The van der Waals surface area contributed by atoms with E-state index in [4.69, 9.17) is 0 Å². The lowest BCUT2D eigenvalue weighted by atomic mass is 10.1. The van der Waals surface area contributed by atoms with Gasteiger partial charge in [-0.15, -0.1) is 0 Å². The molecule has 1 N–H and O–H groups in total. The Morgan fingerprint density at radius 3 is 2.53 bits per heavy atom. The summed E-state index contributed by atoms with van der Waals surface area (Å²) in [7, 11) is 1.43. The average molecular weight is 235 g/mol. The number of rotatable bonds is 6. The van der Waals surface area contributed by atoms with Crippen molar-refractivity contribution in [2.75, 3.05) is 7.11 Å². The molecule has 0 saturated heterocycles. The minimum Gasteiger partial charge on any atom is -0.469 e. The van der Waals surface area contributed by atoms with Crippen LogP contribution in [0, 0.1) is 6.92 Å². The molecule has 0 bridgehead atoms. The largest absolute Gasteiger partial charge is 0.469 e. The van der Waals surface area contributed by atoms with Crippen molar-refractivity contribution >= 4 is 5.97 Å². The minimum atomic E-state index is -0.159. The summed E-state index contributed by atoms with van der Waals surface area (Å²) in [5.74, 6) is -0.159. The minimum absolute atomic E-state index is 0.159. The summed E-state index contributed by atoms with van der Waals surface area (Å²) in [5.41, 5.74) is 2.49. The Kier molecular flexibility index (Phi) is 5.70. The lowest BCUT2D eigenvalue weighted by Crippen LogP contribution is -2.30. The molecular formula is C14H21NO2. The van der Waals surface area contributed by atoms with Crippen molar-refractivity contribution < 1.29 is 9.53 Å². The van der Waals surface area contributed by atoms with Gasteiger partial charge in [0.25, 0.3) is 0 Å². The average Bonchev–Trinajstić information content (AvgIpc) is 2.36. The number of methoxy groups -OCH3 is 1. The Hall–Kier alpha value is -1.35. The number of hydrogen-bond acceptors (Lipinski definition) is 3. The van der Waals surface area contributed by atoms with E-state index in [2.05, 4.69) is 48.2 Å². The van der Waals surface area contributed by atoms with E-state index in [1.807, 2.05) is 0 Å². The standard InChI is InChI=1S/C14H21NO2/c1-4-13(9-14(16)17-3)15-10-12-7-5-11(2)6-8-12/h5-8,13,15H,4,9-10H2,1-3H3. The first kappa shape index (κ1) is 13.7. The summed E-state index contributed by atoms with van der Waals surface area (Å²) in [6.07, 6.45) is 1.35. The summed E-state index contributed by atoms with van der Waals surface area (Å²) >= 11 is 0. The van der Waals surface area contributed by atoms with Gasteiger partial charge in [0.1, 0.15) is 0 Å². The number of ether oxygens (including phenoxy) is 1. The molecule has 0 fully saturated rings. The second-order valence-electron chi connectivity index (χ2n) is 4.25. The van der Waals surface area contributed by atoms with Crippen molar-refractivity contribution in [3.8, 4) is 0 Å². The van der Waals surface area contributed by atoms with Crippen molar-refractivity contribution in [2.45, 2.75) is 39.3 Å². The van der Waals surface area contributed by atoms with Crippen LogP contribution >= 0.6 is 0 Å². The molecule has 0 aliphatic rings. The summed E-state index contributed by atoms with van der Waals surface area (Å²) in [4.78, 5) is 11.2. The molecule has 0 aromatic heterocycles. The maximum absolute atomic E-state index is 11.2. The topological polar surface area (TPSA) is 38.3 Å².